The van der Waals surface area contributed by atoms with E-state index in [0.717, 1.165) is 17.8 Å². The molecule has 0 spiro atoms. The summed E-state index contributed by atoms with van der Waals surface area (Å²) in [5.74, 6) is 1.05. The van der Waals surface area contributed by atoms with Crippen molar-refractivity contribution in [1.29, 1.82) is 0 Å². The van der Waals surface area contributed by atoms with Crippen LogP contribution in [0.4, 0.5) is 5.95 Å². The lowest BCUT2D eigenvalue weighted by Gasteiger charge is -2.17. The Balaban J connectivity index is 2.28. The van der Waals surface area contributed by atoms with Gasteiger partial charge in [0.15, 0.2) is 0 Å². The molecule has 0 aromatic carbocycles. The predicted octanol–water partition coefficient (Wildman–Crippen LogP) is 2.42. The van der Waals surface area contributed by atoms with Crippen LogP contribution in [0.3, 0.4) is 0 Å². The summed E-state index contributed by atoms with van der Waals surface area (Å²) < 4.78 is 2.05. The minimum atomic E-state index is 1.05. The smallest absolute Gasteiger partial charge is 0.204 e. The average Bonchev–Trinajstić information content (AvgIpc) is 2.59. The van der Waals surface area contributed by atoms with Crippen molar-refractivity contribution in [1.82, 2.24) is 9.55 Å². The molecule has 0 aliphatic carbocycles. The third-order valence-electron chi connectivity index (χ3n) is 2.26. The molecule has 0 fully saturated rings. The van der Waals surface area contributed by atoms with Gasteiger partial charge < -0.3 is 9.47 Å². The van der Waals surface area contributed by atoms with E-state index in [0.29, 0.717) is 0 Å². The van der Waals surface area contributed by atoms with E-state index in [2.05, 4.69) is 32.9 Å². The second kappa shape index (κ2) is 6.06. The second-order valence-corrected chi connectivity index (χ2v) is 4.30. The fourth-order valence-electron chi connectivity index (χ4n) is 1.45. The summed E-state index contributed by atoms with van der Waals surface area (Å²) >= 11 is 3.44. The van der Waals surface area contributed by atoms with Gasteiger partial charge in [0.2, 0.25) is 5.95 Å². The Morgan fingerprint density at radius 3 is 2.79 bits per heavy atom. The van der Waals surface area contributed by atoms with Crippen molar-refractivity contribution >= 4 is 21.9 Å². The Morgan fingerprint density at radius 1 is 1.43 bits per heavy atom. The van der Waals surface area contributed by atoms with Gasteiger partial charge in [0.1, 0.15) is 0 Å². The van der Waals surface area contributed by atoms with E-state index in [9.17, 15) is 0 Å². The van der Waals surface area contributed by atoms with Crippen molar-refractivity contribution in [3.05, 3.63) is 12.4 Å². The number of anilines is 1. The molecule has 1 rings (SSSR count). The first-order valence-corrected chi connectivity index (χ1v) is 6.12. The zero-order valence-electron chi connectivity index (χ0n) is 8.91. The summed E-state index contributed by atoms with van der Waals surface area (Å²) in [5.41, 5.74) is 0. The highest BCUT2D eigenvalue weighted by molar-refractivity contribution is 9.09. The molecular formula is C10H18BrN3. The molecule has 0 bridgehead atoms. The molecule has 0 saturated heterocycles. The maximum Gasteiger partial charge on any atom is 0.204 e. The van der Waals surface area contributed by atoms with Gasteiger partial charge >= 0.3 is 0 Å². The first kappa shape index (κ1) is 11.6. The molecule has 0 saturated carbocycles. The molecule has 0 aliphatic rings. The average molecular weight is 260 g/mol. The molecule has 1 aromatic heterocycles. The fourth-order valence-corrected chi connectivity index (χ4v) is 1.84. The van der Waals surface area contributed by atoms with Crippen LogP contribution in [0.1, 0.15) is 19.3 Å². The van der Waals surface area contributed by atoms with E-state index in [4.69, 9.17) is 0 Å². The normalized spacial score (nSPS) is 10.5. The lowest BCUT2D eigenvalue weighted by Crippen LogP contribution is -2.21. The molecule has 1 heterocycles. The molecule has 0 amide bonds. The minimum absolute atomic E-state index is 1.05. The molecule has 0 unspecified atom stereocenters. The van der Waals surface area contributed by atoms with Crippen LogP contribution in [0.5, 0.6) is 0 Å². The molecule has 80 valence electrons. The molecule has 0 aliphatic heterocycles. The Hall–Kier alpha value is -0.510. The van der Waals surface area contributed by atoms with E-state index in [1.165, 1.54) is 19.3 Å². The van der Waals surface area contributed by atoms with E-state index >= 15 is 0 Å². The summed E-state index contributed by atoms with van der Waals surface area (Å²) in [6.45, 7) is 1.08. The van der Waals surface area contributed by atoms with Crippen LogP contribution in [0.15, 0.2) is 12.4 Å². The van der Waals surface area contributed by atoms with Gasteiger partial charge in [-0.3, -0.25) is 0 Å². The number of rotatable bonds is 6. The molecular weight excluding hydrogens is 242 g/mol. The fraction of sp³-hybridized carbons (Fsp3) is 0.700. The number of halogens is 1. The van der Waals surface area contributed by atoms with E-state index in [1.807, 2.05) is 24.0 Å². The summed E-state index contributed by atoms with van der Waals surface area (Å²) in [7, 11) is 4.12. The summed E-state index contributed by atoms with van der Waals surface area (Å²) in [6.07, 6.45) is 7.58. The van der Waals surface area contributed by atoms with Crippen LogP contribution in [0, 0.1) is 0 Å². The van der Waals surface area contributed by atoms with Crippen LogP contribution >= 0.6 is 15.9 Å². The van der Waals surface area contributed by atoms with E-state index < -0.39 is 0 Å². The summed E-state index contributed by atoms with van der Waals surface area (Å²) in [6, 6.07) is 0. The number of aryl methyl sites for hydroxylation is 1. The monoisotopic (exact) mass is 259 g/mol. The van der Waals surface area contributed by atoms with Crippen LogP contribution in [0.2, 0.25) is 0 Å². The van der Waals surface area contributed by atoms with Gasteiger partial charge in [-0.25, -0.2) is 4.98 Å². The molecule has 0 N–H and O–H groups in total. The van der Waals surface area contributed by atoms with Gasteiger partial charge in [0, 0.05) is 38.4 Å². The van der Waals surface area contributed by atoms with Crippen LogP contribution in [0.25, 0.3) is 0 Å². The highest BCUT2D eigenvalue weighted by atomic mass is 79.9. The van der Waals surface area contributed by atoms with Gasteiger partial charge in [0.05, 0.1) is 0 Å². The third kappa shape index (κ3) is 3.33. The molecule has 3 nitrogen and oxygen atoms in total. The van der Waals surface area contributed by atoms with Gasteiger partial charge in [-0.05, 0) is 12.8 Å². The first-order valence-electron chi connectivity index (χ1n) is 5.00. The SMILES string of the molecule is CN(CCCCCBr)c1nccn1C. The van der Waals surface area contributed by atoms with Crippen LogP contribution in [-0.2, 0) is 7.05 Å². The second-order valence-electron chi connectivity index (χ2n) is 3.51. The maximum atomic E-state index is 4.29. The van der Waals surface area contributed by atoms with Crippen molar-refractivity contribution in [3.63, 3.8) is 0 Å². The zero-order chi connectivity index (χ0) is 10.4. The summed E-state index contributed by atoms with van der Waals surface area (Å²) in [4.78, 5) is 6.50. The lowest BCUT2D eigenvalue weighted by molar-refractivity contribution is 0.692. The molecule has 14 heavy (non-hydrogen) atoms. The number of hydrogen-bond donors (Lipinski definition) is 0. The molecule has 0 radical (unpaired) electrons. The van der Waals surface area contributed by atoms with Crippen molar-refractivity contribution in [2.45, 2.75) is 19.3 Å². The van der Waals surface area contributed by atoms with Crippen LogP contribution < -0.4 is 4.90 Å². The predicted molar refractivity (Wildman–Crippen MR) is 64.1 cm³/mol. The van der Waals surface area contributed by atoms with Gasteiger partial charge in [-0.1, -0.05) is 22.4 Å². The summed E-state index contributed by atoms with van der Waals surface area (Å²) in [5, 5.41) is 1.11. The quantitative estimate of drug-likeness (QED) is 0.578. The standard InChI is InChI=1S/C10H18BrN3/c1-13(8-5-3-4-6-11)10-12-7-9-14(10)2/h7,9H,3-6,8H2,1-2H3. The third-order valence-corrected chi connectivity index (χ3v) is 2.83. The number of nitrogens with zero attached hydrogens (tertiary/aromatic N) is 3. The van der Waals surface area contributed by atoms with Crippen LogP contribution in [-0.4, -0.2) is 28.5 Å². The molecule has 0 atom stereocenters. The molecule has 1 aromatic rings. The lowest BCUT2D eigenvalue weighted by atomic mass is 10.2. The topological polar surface area (TPSA) is 21.1 Å². The Kier molecular flexibility index (Phi) is 5.01. The van der Waals surface area contributed by atoms with Gasteiger partial charge in [-0.15, -0.1) is 0 Å². The minimum Gasteiger partial charge on any atom is -0.345 e. The molecule has 4 heteroatoms. The van der Waals surface area contributed by atoms with Crippen molar-refractivity contribution in [3.8, 4) is 0 Å². The number of imidazole rings is 1. The Bertz CT molecular complexity index is 260. The number of unbranched alkanes of at least 4 members (excludes halogenated alkanes) is 2. The van der Waals surface area contributed by atoms with Crippen molar-refractivity contribution in [2.24, 2.45) is 7.05 Å². The zero-order valence-corrected chi connectivity index (χ0v) is 10.5. The van der Waals surface area contributed by atoms with E-state index in [-0.39, 0.29) is 0 Å². The maximum absolute atomic E-state index is 4.29. The van der Waals surface area contributed by atoms with E-state index in [1.54, 1.807) is 0 Å². The highest BCUT2D eigenvalue weighted by Crippen LogP contribution is 2.09. The highest BCUT2D eigenvalue weighted by Gasteiger charge is 2.04. The van der Waals surface area contributed by atoms with Gasteiger partial charge in [-0.2, -0.15) is 0 Å². The van der Waals surface area contributed by atoms with Crippen molar-refractivity contribution in [2.75, 3.05) is 23.8 Å². The number of alkyl halides is 1. The Morgan fingerprint density at radius 2 is 2.21 bits per heavy atom. The number of aromatic nitrogens is 2. The number of hydrogen-bond acceptors (Lipinski definition) is 2. The van der Waals surface area contributed by atoms with Crippen molar-refractivity contribution < 1.29 is 0 Å². The Labute approximate surface area is 94.3 Å². The first-order chi connectivity index (χ1) is 6.75. The largest absolute Gasteiger partial charge is 0.345 e. The van der Waals surface area contributed by atoms with Gasteiger partial charge in [0.25, 0.3) is 0 Å².